The number of ether oxygens (including phenoxy) is 1. The van der Waals surface area contributed by atoms with Crippen LogP contribution in [0.15, 0.2) is 22.8 Å². The fourth-order valence-corrected chi connectivity index (χ4v) is 1.37. The van der Waals surface area contributed by atoms with Crippen molar-refractivity contribution in [3.63, 3.8) is 0 Å². The van der Waals surface area contributed by atoms with Crippen molar-refractivity contribution in [1.29, 1.82) is 0 Å². The van der Waals surface area contributed by atoms with E-state index in [-0.39, 0.29) is 17.8 Å². The zero-order valence-corrected chi connectivity index (χ0v) is 9.36. The van der Waals surface area contributed by atoms with E-state index in [1.807, 2.05) is 0 Å². The van der Waals surface area contributed by atoms with Crippen molar-refractivity contribution >= 4 is 17.3 Å². The summed E-state index contributed by atoms with van der Waals surface area (Å²) in [4.78, 5) is 7.80. The van der Waals surface area contributed by atoms with Gasteiger partial charge in [-0.1, -0.05) is 0 Å². The first-order chi connectivity index (χ1) is 7.66. The minimum Gasteiger partial charge on any atom is -0.468 e. The Morgan fingerprint density at radius 2 is 2.31 bits per heavy atom. The van der Waals surface area contributed by atoms with Crippen LogP contribution in [0.1, 0.15) is 11.5 Å². The van der Waals surface area contributed by atoms with Crippen molar-refractivity contribution in [2.24, 2.45) is 0 Å². The highest BCUT2D eigenvalue weighted by molar-refractivity contribution is 6.28. The first-order valence-electron chi connectivity index (χ1n) is 4.61. The molecule has 2 heterocycles. The highest BCUT2D eigenvalue weighted by Crippen LogP contribution is 2.23. The van der Waals surface area contributed by atoms with Crippen molar-refractivity contribution in [3.05, 3.63) is 35.1 Å². The van der Waals surface area contributed by atoms with Gasteiger partial charge in [0, 0.05) is 0 Å². The number of hydrogen-bond acceptors (Lipinski definition) is 5. The van der Waals surface area contributed by atoms with Gasteiger partial charge in [-0.3, -0.25) is 0 Å². The highest BCUT2D eigenvalue weighted by atomic mass is 35.5. The summed E-state index contributed by atoms with van der Waals surface area (Å²) in [6.07, 6.45) is 1.57. The molecule has 16 heavy (non-hydrogen) atoms. The Hall–Kier alpha value is -1.75. The highest BCUT2D eigenvalue weighted by Gasteiger charge is 2.09. The Morgan fingerprint density at radius 1 is 1.50 bits per heavy atom. The average molecular weight is 240 g/mol. The van der Waals surface area contributed by atoms with E-state index in [4.69, 9.17) is 26.5 Å². The molecule has 84 valence electrons. The molecular formula is C10H10ClN3O2. The molecule has 0 fully saturated rings. The summed E-state index contributed by atoms with van der Waals surface area (Å²) < 4.78 is 10.5. The second-order valence-corrected chi connectivity index (χ2v) is 3.50. The Kier molecular flexibility index (Phi) is 2.96. The molecule has 0 bridgehead atoms. The molecule has 2 aromatic heterocycles. The molecule has 0 aliphatic rings. The van der Waals surface area contributed by atoms with Crippen LogP contribution in [0.4, 0.5) is 5.69 Å². The molecule has 2 rings (SSSR count). The number of rotatable bonds is 3. The van der Waals surface area contributed by atoms with Gasteiger partial charge in [0.25, 0.3) is 0 Å². The number of nitrogens with two attached hydrogens (primary N) is 1. The van der Waals surface area contributed by atoms with Crippen molar-refractivity contribution in [2.75, 3.05) is 5.73 Å². The van der Waals surface area contributed by atoms with Crippen molar-refractivity contribution in [2.45, 2.75) is 13.5 Å². The lowest BCUT2D eigenvalue weighted by Crippen LogP contribution is -2.04. The number of furan rings is 1. The zero-order chi connectivity index (χ0) is 11.5. The Balaban J connectivity index is 2.15. The Morgan fingerprint density at radius 3 is 3.00 bits per heavy atom. The quantitative estimate of drug-likeness (QED) is 0.831. The molecule has 0 radical (unpaired) electrons. The van der Waals surface area contributed by atoms with Crippen LogP contribution in [0.25, 0.3) is 0 Å². The smallest absolute Gasteiger partial charge is 0.242 e. The van der Waals surface area contributed by atoms with E-state index in [9.17, 15) is 0 Å². The van der Waals surface area contributed by atoms with Gasteiger partial charge in [0.05, 0.1) is 12.0 Å². The predicted octanol–water partition coefficient (Wildman–Crippen LogP) is 2.19. The molecule has 0 aromatic carbocycles. The molecule has 0 saturated carbocycles. The summed E-state index contributed by atoms with van der Waals surface area (Å²) in [5, 5.41) is 0.112. The number of anilines is 1. The number of hydrogen-bond donors (Lipinski definition) is 1. The maximum Gasteiger partial charge on any atom is 0.242 e. The van der Waals surface area contributed by atoms with E-state index in [0.29, 0.717) is 17.1 Å². The van der Waals surface area contributed by atoms with E-state index in [2.05, 4.69) is 9.97 Å². The maximum absolute atomic E-state index is 5.75. The largest absolute Gasteiger partial charge is 0.468 e. The number of aromatic nitrogens is 2. The summed E-state index contributed by atoms with van der Waals surface area (Å²) in [6, 6.07) is 3.58. The van der Waals surface area contributed by atoms with Crippen LogP contribution in [0.5, 0.6) is 5.88 Å². The van der Waals surface area contributed by atoms with Gasteiger partial charge < -0.3 is 14.9 Å². The molecule has 0 aliphatic heterocycles. The zero-order valence-electron chi connectivity index (χ0n) is 8.61. The third-order valence-corrected chi connectivity index (χ3v) is 2.17. The lowest BCUT2D eigenvalue weighted by Gasteiger charge is -2.07. The van der Waals surface area contributed by atoms with Crippen LogP contribution in [0.3, 0.4) is 0 Å². The summed E-state index contributed by atoms with van der Waals surface area (Å²) >= 11 is 5.70. The van der Waals surface area contributed by atoms with E-state index in [1.165, 1.54) is 0 Å². The molecular weight excluding hydrogens is 230 g/mol. The molecule has 0 spiro atoms. The van der Waals surface area contributed by atoms with Gasteiger partial charge in [0.15, 0.2) is 0 Å². The SMILES string of the molecule is Cc1nc(Cl)nc(OCc2ccco2)c1N. The van der Waals surface area contributed by atoms with Gasteiger partial charge in [-0.2, -0.15) is 4.98 Å². The Labute approximate surface area is 97.2 Å². The predicted molar refractivity (Wildman–Crippen MR) is 59.2 cm³/mol. The van der Waals surface area contributed by atoms with Crippen LogP contribution in [-0.4, -0.2) is 9.97 Å². The monoisotopic (exact) mass is 239 g/mol. The van der Waals surface area contributed by atoms with Gasteiger partial charge in [-0.15, -0.1) is 0 Å². The summed E-state index contributed by atoms with van der Waals surface area (Å²) in [5.74, 6) is 0.959. The number of nitrogen functional groups attached to an aromatic ring is 1. The second-order valence-electron chi connectivity index (χ2n) is 3.16. The molecule has 0 aliphatic carbocycles. The van der Waals surface area contributed by atoms with Crippen LogP contribution in [0, 0.1) is 6.92 Å². The first-order valence-corrected chi connectivity index (χ1v) is 4.99. The van der Waals surface area contributed by atoms with Crippen LogP contribution in [-0.2, 0) is 6.61 Å². The van der Waals surface area contributed by atoms with Gasteiger partial charge in [-0.25, -0.2) is 4.98 Å². The van der Waals surface area contributed by atoms with Crippen LogP contribution in [0.2, 0.25) is 5.28 Å². The molecule has 2 aromatic rings. The van der Waals surface area contributed by atoms with Gasteiger partial charge in [-0.05, 0) is 30.7 Å². The molecule has 0 atom stereocenters. The third kappa shape index (κ3) is 2.25. The van der Waals surface area contributed by atoms with E-state index in [0.717, 1.165) is 0 Å². The molecule has 0 unspecified atom stereocenters. The maximum atomic E-state index is 5.75. The van der Waals surface area contributed by atoms with E-state index < -0.39 is 0 Å². The summed E-state index contributed by atoms with van der Waals surface area (Å²) in [6.45, 7) is 1.99. The molecule has 0 saturated heterocycles. The molecule has 6 heteroatoms. The van der Waals surface area contributed by atoms with Gasteiger partial charge in [0.1, 0.15) is 18.1 Å². The lowest BCUT2D eigenvalue weighted by molar-refractivity contribution is 0.261. The summed E-state index contributed by atoms with van der Waals surface area (Å²) in [7, 11) is 0. The minimum absolute atomic E-state index is 0.112. The molecule has 2 N–H and O–H groups in total. The minimum atomic E-state index is 0.112. The van der Waals surface area contributed by atoms with E-state index in [1.54, 1.807) is 25.3 Å². The first kappa shape index (κ1) is 10.8. The van der Waals surface area contributed by atoms with Gasteiger partial charge in [0.2, 0.25) is 11.2 Å². The standard InChI is InChI=1S/C10H10ClN3O2/c1-6-8(12)9(14-10(11)13-6)16-5-7-3-2-4-15-7/h2-4H,5,12H2,1H3. The fraction of sp³-hybridized carbons (Fsp3) is 0.200. The molecule has 5 nitrogen and oxygen atoms in total. The second kappa shape index (κ2) is 4.40. The van der Waals surface area contributed by atoms with Crippen molar-refractivity contribution < 1.29 is 9.15 Å². The van der Waals surface area contributed by atoms with Crippen LogP contribution < -0.4 is 10.5 Å². The number of nitrogens with zero attached hydrogens (tertiary/aromatic N) is 2. The van der Waals surface area contributed by atoms with Crippen molar-refractivity contribution in [3.8, 4) is 5.88 Å². The van der Waals surface area contributed by atoms with Crippen molar-refractivity contribution in [1.82, 2.24) is 9.97 Å². The number of aryl methyl sites for hydroxylation is 1. The van der Waals surface area contributed by atoms with E-state index >= 15 is 0 Å². The molecule has 0 amide bonds. The van der Waals surface area contributed by atoms with Gasteiger partial charge >= 0.3 is 0 Å². The third-order valence-electron chi connectivity index (χ3n) is 2.01. The Bertz CT molecular complexity index is 485. The summed E-state index contributed by atoms with van der Waals surface area (Å²) in [5.41, 5.74) is 6.73. The average Bonchev–Trinajstić information content (AvgIpc) is 2.74. The lowest BCUT2D eigenvalue weighted by atomic mass is 10.4. The normalized spacial score (nSPS) is 10.4. The fourth-order valence-electron chi connectivity index (χ4n) is 1.17. The van der Waals surface area contributed by atoms with Crippen LogP contribution >= 0.6 is 11.6 Å². The topological polar surface area (TPSA) is 74.2 Å². The number of halogens is 1.